The number of hydrogen-bond donors (Lipinski definition) is 1. The van der Waals surface area contributed by atoms with Gasteiger partial charge in [-0.3, -0.25) is 0 Å². The van der Waals surface area contributed by atoms with E-state index < -0.39 is 0 Å². The Kier molecular flexibility index (Phi) is 4.96. The summed E-state index contributed by atoms with van der Waals surface area (Å²) < 4.78 is 5.84. The summed E-state index contributed by atoms with van der Waals surface area (Å²) in [4.78, 5) is 4.19. The Morgan fingerprint density at radius 1 is 1.19 bits per heavy atom. The van der Waals surface area contributed by atoms with E-state index in [4.69, 9.17) is 33.7 Å². The lowest BCUT2D eigenvalue weighted by Gasteiger charge is -2.15. The van der Waals surface area contributed by atoms with E-state index in [1.54, 1.807) is 12.1 Å². The highest BCUT2D eigenvalue weighted by atomic mass is 35.5. The molecule has 2 N–H and O–H groups in total. The lowest BCUT2D eigenvalue weighted by molar-refractivity contribution is 0.299. The maximum atomic E-state index is 6.25. The Morgan fingerprint density at radius 2 is 1.90 bits per heavy atom. The van der Waals surface area contributed by atoms with Crippen LogP contribution < -0.4 is 10.5 Å². The van der Waals surface area contributed by atoms with Gasteiger partial charge in [-0.05, 0) is 48.2 Å². The number of ether oxygens (including phenoxy) is 1. The molecule has 0 aliphatic carbocycles. The van der Waals surface area contributed by atoms with E-state index in [0.717, 1.165) is 21.9 Å². The van der Waals surface area contributed by atoms with Crippen molar-refractivity contribution in [3.63, 3.8) is 0 Å². The third kappa shape index (κ3) is 3.80. The van der Waals surface area contributed by atoms with Gasteiger partial charge in [0.25, 0.3) is 0 Å². The second-order valence-corrected chi connectivity index (χ2v) is 6.06. The summed E-state index contributed by atoms with van der Waals surface area (Å²) in [5.74, 6) is 1.53. The van der Waals surface area contributed by atoms with Crippen molar-refractivity contribution in [2.45, 2.75) is 33.3 Å². The van der Waals surface area contributed by atoms with Crippen LogP contribution in [0.1, 0.15) is 36.6 Å². The highest BCUT2D eigenvalue weighted by Crippen LogP contribution is 2.32. The number of nitrogens with two attached hydrogens (primary N) is 1. The quantitative estimate of drug-likeness (QED) is 0.862. The summed E-state index contributed by atoms with van der Waals surface area (Å²) in [5, 5.41) is 1.30. The number of hydrogen-bond acceptors (Lipinski definition) is 3. The third-order valence-corrected chi connectivity index (χ3v) is 3.89. The fraction of sp³-hybridized carbons (Fsp3) is 0.312. The molecular formula is C16H18Cl2N2O. The molecule has 0 fully saturated rings. The monoisotopic (exact) mass is 324 g/mol. The molecule has 0 aliphatic heterocycles. The molecule has 5 heteroatoms. The maximum Gasteiger partial charge on any atom is 0.132 e. The zero-order chi connectivity index (χ0) is 15.6. The SMILES string of the molecule is Cc1cc(Cl)c(C(C)C)cc1OCc1nc(N)ccc1Cl. The number of rotatable bonds is 4. The number of aromatic nitrogens is 1. The second kappa shape index (κ2) is 6.54. The molecule has 1 heterocycles. The van der Waals surface area contributed by atoms with Crippen molar-refractivity contribution in [1.82, 2.24) is 4.98 Å². The summed E-state index contributed by atoms with van der Waals surface area (Å²) in [6.07, 6.45) is 0. The molecule has 0 aliphatic rings. The lowest BCUT2D eigenvalue weighted by atomic mass is 10.0. The molecule has 2 rings (SSSR count). The number of nitrogens with zero attached hydrogens (tertiary/aromatic N) is 1. The topological polar surface area (TPSA) is 48.1 Å². The zero-order valence-electron chi connectivity index (χ0n) is 12.3. The first-order valence-electron chi connectivity index (χ1n) is 6.72. The molecule has 0 radical (unpaired) electrons. The largest absolute Gasteiger partial charge is 0.487 e. The molecular weight excluding hydrogens is 307 g/mol. The van der Waals surface area contributed by atoms with Crippen molar-refractivity contribution in [1.29, 1.82) is 0 Å². The predicted octanol–water partition coefficient (Wildman–Crippen LogP) is 4.98. The Balaban J connectivity index is 2.23. The van der Waals surface area contributed by atoms with E-state index in [1.165, 1.54) is 0 Å². The standard InChI is InChI=1S/C16H18Cl2N2O/c1-9(2)11-7-15(10(3)6-13(11)18)21-8-14-12(17)4-5-16(19)20-14/h4-7,9H,8H2,1-3H3,(H2,19,20). The first-order chi connectivity index (χ1) is 9.88. The second-order valence-electron chi connectivity index (χ2n) is 5.25. The smallest absolute Gasteiger partial charge is 0.132 e. The number of benzene rings is 1. The van der Waals surface area contributed by atoms with Gasteiger partial charge in [0.1, 0.15) is 18.2 Å². The molecule has 1 aromatic carbocycles. The zero-order valence-corrected chi connectivity index (χ0v) is 13.8. The van der Waals surface area contributed by atoms with Crippen molar-refractivity contribution < 1.29 is 4.74 Å². The first kappa shape index (κ1) is 15.9. The Morgan fingerprint density at radius 3 is 2.57 bits per heavy atom. The van der Waals surface area contributed by atoms with Gasteiger partial charge in [0, 0.05) is 5.02 Å². The van der Waals surface area contributed by atoms with Crippen molar-refractivity contribution >= 4 is 29.0 Å². The first-order valence-corrected chi connectivity index (χ1v) is 7.47. The number of anilines is 1. The van der Waals surface area contributed by atoms with Gasteiger partial charge in [-0.2, -0.15) is 0 Å². The number of nitrogen functional groups attached to an aromatic ring is 1. The van der Waals surface area contributed by atoms with Crippen LogP contribution in [0.4, 0.5) is 5.82 Å². The van der Waals surface area contributed by atoms with Gasteiger partial charge in [0.05, 0.1) is 10.7 Å². The Labute approximate surface area is 135 Å². The van der Waals surface area contributed by atoms with Crippen molar-refractivity contribution in [3.05, 3.63) is 51.1 Å². The van der Waals surface area contributed by atoms with Gasteiger partial charge < -0.3 is 10.5 Å². The Hall–Kier alpha value is -1.45. The molecule has 0 atom stereocenters. The van der Waals surface area contributed by atoms with Crippen LogP contribution in [-0.4, -0.2) is 4.98 Å². The minimum absolute atomic E-state index is 0.268. The molecule has 0 saturated carbocycles. The highest BCUT2D eigenvalue weighted by Gasteiger charge is 2.11. The van der Waals surface area contributed by atoms with Crippen LogP contribution in [0, 0.1) is 6.92 Å². The molecule has 3 nitrogen and oxygen atoms in total. The number of aryl methyl sites for hydroxylation is 1. The van der Waals surface area contributed by atoms with Crippen LogP contribution in [-0.2, 0) is 6.61 Å². The minimum atomic E-state index is 0.268. The molecule has 2 aromatic rings. The average molecular weight is 325 g/mol. The normalized spacial score (nSPS) is 11.0. The Bertz CT molecular complexity index is 657. The van der Waals surface area contributed by atoms with Crippen LogP contribution in [0.25, 0.3) is 0 Å². The number of pyridine rings is 1. The molecule has 0 unspecified atom stereocenters. The van der Waals surface area contributed by atoms with Crippen molar-refractivity contribution in [2.24, 2.45) is 0 Å². The summed E-state index contributed by atoms with van der Waals surface area (Å²) in [6.45, 7) is 6.41. The van der Waals surface area contributed by atoms with E-state index in [9.17, 15) is 0 Å². The van der Waals surface area contributed by atoms with Crippen LogP contribution in [0.5, 0.6) is 5.75 Å². The molecule has 21 heavy (non-hydrogen) atoms. The van der Waals surface area contributed by atoms with Gasteiger partial charge >= 0.3 is 0 Å². The van der Waals surface area contributed by atoms with Gasteiger partial charge in [0.2, 0.25) is 0 Å². The van der Waals surface area contributed by atoms with Crippen molar-refractivity contribution in [2.75, 3.05) is 5.73 Å². The molecule has 0 bridgehead atoms. The summed E-state index contributed by atoms with van der Waals surface area (Å²) in [5.41, 5.74) is 8.33. The van der Waals surface area contributed by atoms with Gasteiger partial charge in [-0.25, -0.2) is 4.98 Å². The van der Waals surface area contributed by atoms with Gasteiger partial charge in [-0.15, -0.1) is 0 Å². The summed E-state index contributed by atoms with van der Waals surface area (Å²) >= 11 is 12.3. The molecule has 0 saturated heterocycles. The minimum Gasteiger partial charge on any atom is -0.487 e. The molecule has 1 aromatic heterocycles. The fourth-order valence-corrected chi connectivity index (χ4v) is 2.61. The van der Waals surface area contributed by atoms with E-state index in [-0.39, 0.29) is 6.61 Å². The fourth-order valence-electron chi connectivity index (χ4n) is 2.02. The highest BCUT2D eigenvalue weighted by molar-refractivity contribution is 6.31. The van der Waals surface area contributed by atoms with Crippen molar-refractivity contribution in [3.8, 4) is 5.75 Å². The van der Waals surface area contributed by atoms with E-state index in [2.05, 4.69) is 18.8 Å². The number of halogens is 2. The summed E-state index contributed by atoms with van der Waals surface area (Å²) in [7, 11) is 0. The van der Waals surface area contributed by atoms with E-state index in [1.807, 2.05) is 19.1 Å². The van der Waals surface area contributed by atoms with Gasteiger partial charge in [-0.1, -0.05) is 37.0 Å². The summed E-state index contributed by atoms with van der Waals surface area (Å²) in [6, 6.07) is 7.27. The molecule has 112 valence electrons. The maximum absolute atomic E-state index is 6.25. The van der Waals surface area contributed by atoms with E-state index in [0.29, 0.717) is 22.5 Å². The third-order valence-electron chi connectivity index (χ3n) is 3.22. The molecule has 0 amide bonds. The average Bonchev–Trinajstić information content (AvgIpc) is 2.41. The van der Waals surface area contributed by atoms with Crippen LogP contribution in [0.2, 0.25) is 10.0 Å². The lowest BCUT2D eigenvalue weighted by Crippen LogP contribution is -2.03. The van der Waals surface area contributed by atoms with Gasteiger partial charge in [0.15, 0.2) is 0 Å². The van der Waals surface area contributed by atoms with Crippen LogP contribution in [0.15, 0.2) is 24.3 Å². The van der Waals surface area contributed by atoms with E-state index >= 15 is 0 Å². The van der Waals surface area contributed by atoms with Crippen LogP contribution >= 0.6 is 23.2 Å². The predicted molar refractivity (Wildman–Crippen MR) is 88.3 cm³/mol. The van der Waals surface area contributed by atoms with Crippen LogP contribution in [0.3, 0.4) is 0 Å². The molecule has 0 spiro atoms.